The number of halogens is 3. The predicted molar refractivity (Wildman–Crippen MR) is 105 cm³/mol. The van der Waals surface area contributed by atoms with Crippen LogP contribution in [0.15, 0.2) is 36.9 Å². The highest BCUT2D eigenvalue weighted by molar-refractivity contribution is 5.85. The first-order valence-electron chi connectivity index (χ1n) is 8.46. The van der Waals surface area contributed by atoms with Gasteiger partial charge in [-0.2, -0.15) is 0 Å². The number of aromatic nitrogens is 2. The van der Waals surface area contributed by atoms with Gasteiger partial charge in [-0.25, -0.2) is 9.37 Å². The minimum absolute atomic E-state index is 0. The zero-order chi connectivity index (χ0) is 16.8. The van der Waals surface area contributed by atoms with Gasteiger partial charge in [0, 0.05) is 25.4 Å². The highest BCUT2D eigenvalue weighted by Crippen LogP contribution is 2.18. The summed E-state index contributed by atoms with van der Waals surface area (Å²) in [6.07, 6.45) is 8.63. The molecule has 2 aromatic rings. The van der Waals surface area contributed by atoms with Gasteiger partial charge in [0.1, 0.15) is 5.82 Å². The summed E-state index contributed by atoms with van der Waals surface area (Å²) in [5, 5.41) is 6.21. The fraction of sp³-hybridized carbons (Fsp3) is 0.444. The number of hydrogen-bond donors (Lipinski definition) is 2. The SMILES string of the molecule is Cl.Cl.O=C(CCC1CCNCC1)NCc1ccc(-n2ccnc2)c(F)c1. The number of carbonyl (C=O) groups excluding carboxylic acids is 1. The maximum absolute atomic E-state index is 14.2. The van der Waals surface area contributed by atoms with Gasteiger partial charge in [-0.15, -0.1) is 24.8 Å². The van der Waals surface area contributed by atoms with Gasteiger partial charge in [0.2, 0.25) is 5.91 Å². The molecule has 2 heterocycles. The Hall–Kier alpha value is -1.63. The van der Waals surface area contributed by atoms with Crippen LogP contribution in [0, 0.1) is 11.7 Å². The van der Waals surface area contributed by atoms with Gasteiger partial charge in [-0.1, -0.05) is 6.07 Å². The van der Waals surface area contributed by atoms with E-state index in [-0.39, 0.29) is 36.5 Å². The summed E-state index contributed by atoms with van der Waals surface area (Å²) in [5.41, 5.74) is 1.21. The Morgan fingerprint density at radius 1 is 1.31 bits per heavy atom. The average Bonchev–Trinajstić information content (AvgIpc) is 3.13. The minimum atomic E-state index is -0.325. The molecule has 0 saturated carbocycles. The molecule has 1 amide bonds. The van der Waals surface area contributed by atoms with Crippen LogP contribution in [-0.4, -0.2) is 28.5 Å². The molecular formula is C18H25Cl2FN4O. The third-order valence-electron chi connectivity index (χ3n) is 4.52. The van der Waals surface area contributed by atoms with Crippen molar-refractivity contribution in [2.75, 3.05) is 13.1 Å². The summed E-state index contributed by atoms with van der Waals surface area (Å²) in [5.74, 6) is 0.353. The molecule has 3 rings (SSSR count). The quantitative estimate of drug-likeness (QED) is 0.779. The normalized spacial score (nSPS) is 14.2. The number of carbonyl (C=O) groups is 1. The van der Waals surface area contributed by atoms with Gasteiger partial charge in [-0.3, -0.25) is 4.79 Å². The van der Waals surface area contributed by atoms with Gasteiger partial charge in [0.25, 0.3) is 0 Å². The molecule has 0 aliphatic carbocycles. The lowest BCUT2D eigenvalue weighted by Crippen LogP contribution is -2.29. The number of benzene rings is 1. The van der Waals surface area contributed by atoms with E-state index >= 15 is 0 Å². The van der Waals surface area contributed by atoms with Crippen molar-refractivity contribution in [2.45, 2.75) is 32.2 Å². The average molecular weight is 403 g/mol. The number of rotatable bonds is 6. The van der Waals surface area contributed by atoms with Gasteiger partial charge in [0.15, 0.2) is 0 Å². The van der Waals surface area contributed by atoms with E-state index in [4.69, 9.17) is 0 Å². The number of nitrogens with one attached hydrogen (secondary N) is 2. The predicted octanol–water partition coefficient (Wildman–Crippen LogP) is 3.25. The molecule has 0 radical (unpaired) electrons. The topological polar surface area (TPSA) is 59.0 Å². The van der Waals surface area contributed by atoms with Crippen LogP contribution in [0.4, 0.5) is 4.39 Å². The van der Waals surface area contributed by atoms with Crippen molar-refractivity contribution in [3.8, 4) is 5.69 Å². The lowest BCUT2D eigenvalue weighted by molar-refractivity contribution is -0.121. The fourth-order valence-electron chi connectivity index (χ4n) is 3.07. The Labute approximate surface area is 165 Å². The van der Waals surface area contributed by atoms with E-state index in [0.717, 1.165) is 37.9 Å². The lowest BCUT2D eigenvalue weighted by Gasteiger charge is -2.22. The second-order valence-electron chi connectivity index (χ2n) is 6.26. The van der Waals surface area contributed by atoms with Crippen LogP contribution in [0.2, 0.25) is 0 Å². The largest absolute Gasteiger partial charge is 0.352 e. The number of amides is 1. The molecule has 1 aromatic heterocycles. The molecule has 8 heteroatoms. The molecule has 5 nitrogen and oxygen atoms in total. The number of imidazole rings is 1. The first-order valence-corrected chi connectivity index (χ1v) is 8.46. The number of hydrogen-bond acceptors (Lipinski definition) is 3. The number of nitrogens with zero attached hydrogens (tertiary/aromatic N) is 2. The third kappa shape index (κ3) is 6.27. The van der Waals surface area contributed by atoms with Crippen LogP contribution in [-0.2, 0) is 11.3 Å². The molecule has 2 N–H and O–H groups in total. The minimum Gasteiger partial charge on any atom is -0.352 e. The summed E-state index contributed by atoms with van der Waals surface area (Å²) in [6.45, 7) is 2.45. The molecule has 0 unspecified atom stereocenters. The van der Waals surface area contributed by atoms with E-state index in [0.29, 0.717) is 24.6 Å². The third-order valence-corrected chi connectivity index (χ3v) is 4.52. The van der Waals surface area contributed by atoms with Crippen LogP contribution < -0.4 is 10.6 Å². The molecule has 0 atom stereocenters. The Balaban J connectivity index is 0.00000169. The monoisotopic (exact) mass is 402 g/mol. The molecule has 0 spiro atoms. The van der Waals surface area contributed by atoms with Crippen LogP contribution in [0.1, 0.15) is 31.2 Å². The lowest BCUT2D eigenvalue weighted by atomic mass is 9.93. The molecule has 1 fully saturated rings. The van der Waals surface area contributed by atoms with E-state index < -0.39 is 0 Å². The number of piperidine rings is 1. The van der Waals surface area contributed by atoms with Gasteiger partial charge in [-0.05, 0) is 56.0 Å². The second kappa shape index (κ2) is 11.2. The summed E-state index contributed by atoms with van der Waals surface area (Å²) in [6, 6.07) is 4.99. The van der Waals surface area contributed by atoms with Crippen molar-refractivity contribution >= 4 is 30.7 Å². The highest BCUT2D eigenvalue weighted by atomic mass is 35.5. The van der Waals surface area contributed by atoms with E-state index in [1.54, 1.807) is 29.4 Å². The van der Waals surface area contributed by atoms with Crippen molar-refractivity contribution < 1.29 is 9.18 Å². The second-order valence-corrected chi connectivity index (χ2v) is 6.26. The molecule has 1 aromatic carbocycles. The summed E-state index contributed by atoms with van der Waals surface area (Å²) >= 11 is 0. The van der Waals surface area contributed by atoms with Crippen molar-refractivity contribution in [3.05, 3.63) is 48.3 Å². The Morgan fingerprint density at radius 3 is 2.73 bits per heavy atom. The van der Waals surface area contributed by atoms with Crippen LogP contribution in [0.25, 0.3) is 5.69 Å². The zero-order valence-electron chi connectivity index (χ0n) is 14.5. The summed E-state index contributed by atoms with van der Waals surface area (Å²) in [7, 11) is 0. The molecule has 1 aliphatic rings. The zero-order valence-corrected chi connectivity index (χ0v) is 16.1. The molecule has 144 valence electrons. The standard InChI is InChI=1S/C18H23FN4O.2ClH/c19-16-11-15(1-3-17(16)23-10-9-21-13-23)12-22-18(24)4-2-14-5-7-20-8-6-14;;/h1,3,9-11,13-14,20H,2,4-8,12H2,(H,22,24);2*1H. The smallest absolute Gasteiger partial charge is 0.220 e. The van der Waals surface area contributed by atoms with Crippen LogP contribution >= 0.6 is 24.8 Å². The van der Waals surface area contributed by atoms with E-state index in [9.17, 15) is 9.18 Å². The van der Waals surface area contributed by atoms with Gasteiger partial charge in [0.05, 0.1) is 12.0 Å². The molecule has 1 aliphatic heterocycles. The molecule has 1 saturated heterocycles. The molecule has 0 bridgehead atoms. The van der Waals surface area contributed by atoms with Crippen molar-refractivity contribution in [1.82, 2.24) is 20.2 Å². The Morgan fingerprint density at radius 2 is 2.08 bits per heavy atom. The first kappa shape index (κ1) is 22.4. The first-order chi connectivity index (χ1) is 11.7. The maximum Gasteiger partial charge on any atom is 0.220 e. The van der Waals surface area contributed by atoms with E-state index in [1.807, 2.05) is 6.07 Å². The van der Waals surface area contributed by atoms with Gasteiger partial charge >= 0.3 is 0 Å². The highest BCUT2D eigenvalue weighted by Gasteiger charge is 2.14. The molecule has 26 heavy (non-hydrogen) atoms. The maximum atomic E-state index is 14.2. The summed E-state index contributed by atoms with van der Waals surface area (Å²) in [4.78, 5) is 15.9. The molecular weight excluding hydrogens is 378 g/mol. The Bertz CT molecular complexity index is 676. The van der Waals surface area contributed by atoms with Crippen molar-refractivity contribution in [3.63, 3.8) is 0 Å². The van der Waals surface area contributed by atoms with Crippen LogP contribution in [0.3, 0.4) is 0 Å². The van der Waals surface area contributed by atoms with Crippen molar-refractivity contribution in [2.24, 2.45) is 5.92 Å². The Kier molecular flexibility index (Phi) is 9.62. The van der Waals surface area contributed by atoms with Gasteiger partial charge < -0.3 is 15.2 Å². The van der Waals surface area contributed by atoms with Crippen LogP contribution in [0.5, 0.6) is 0 Å². The van der Waals surface area contributed by atoms with E-state index in [1.165, 1.54) is 6.07 Å². The van der Waals surface area contributed by atoms with E-state index in [2.05, 4.69) is 15.6 Å². The summed E-state index contributed by atoms with van der Waals surface area (Å²) < 4.78 is 15.8. The van der Waals surface area contributed by atoms with Crippen molar-refractivity contribution in [1.29, 1.82) is 0 Å². The fourth-order valence-corrected chi connectivity index (χ4v) is 3.07.